The van der Waals surface area contributed by atoms with Gasteiger partial charge in [-0.2, -0.15) is 0 Å². The fraction of sp³-hybridized carbons (Fsp3) is 0.611. The van der Waals surface area contributed by atoms with Gasteiger partial charge in [0.2, 0.25) is 5.91 Å². The van der Waals surface area contributed by atoms with E-state index in [0.717, 1.165) is 37.2 Å². The lowest BCUT2D eigenvalue weighted by Crippen LogP contribution is -2.34. The van der Waals surface area contributed by atoms with E-state index in [4.69, 9.17) is 0 Å². The van der Waals surface area contributed by atoms with Gasteiger partial charge in [0.25, 0.3) is 0 Å². The van der Waals surface area contributed by atoms with Gasteiger partial charge < -0.3 is 20.4 Å². The standard InChI is InChI=1S/C18H25N3O3/c1-11(22)19-16-14-9-20(10-15(14)16)7-4-8-21-17(23)12-5-2-3-6-13(12)18(21)24/h2-3,14-16,23-24H,4-10H2,1H3,(H,19,22). The Morgan fingerprint density at radius 2 is 1.71 bits per heavy atom. The van der Waals surface area contributed by atoms with E-state index in [9.17, 15) is 15.0 Å². The monoisotopic (exact) mass is 331 g/mol. The molecule has 24 heavy (non-hydrogen) atoms. The second-order valence-corrected chi connectivity index (χ2v) is 7.30. The van der Waals surface area contributed by atoms with Crippen molar-refractivity contribution in [2.45, 2.75) is 38.8 Å². The maximum absolute atomic E-state index is 11.1. The molecule has 0 aromatic carbocycles. The third-order valence-corrected chi connectivity index (χ3v) is 5.72. The first-order valence-corrected chi connectivity index (χ1v) is 8.83. The minimum Gasteiger partial charge on any atom is -0.494 e. The quantitative estimate of drug-likeness (QED) is 0.704. The fourth-order valence-corrected chi connectivity index (χ4v) is 4.44. The van der Waals surface area contributed by atoms with Crippen molar-refractivity contribution in [2.24, 2.45) is 11.8 Å². The molecule has 6 nitrogen and oxygen atoms in total. The average Bonchev–Trinajstić information content (AvgIpc) is 2.92. The minimum atomic E-state index is 0.0676. The highest BCUT2D eigenvalue weighted by atomic mass is 16.3. The normalized spacial score (nSPS) is 27.8. The van der Waals surface area contributed by atoms with Crippen LogP contribution < -0.4 is 5.32 Å². The Balaban J connectivity index is 1.28. The number of carbonyl (C=O) groups is 1. The maximum Gasteiger partial charge on any atom is 0.217 e. The third kappa shape index (κ3) is 2.59. The highest BCUT2D eigenvalue weighted by Crippen LogP contribution is 2.45. The highest BCUT2D eigenvalue weighted by molar-refractivity contribution is 5.73. The summed E-state index contributed by atoms with van der Waals surface area (Å²) >= 11 is 0. The number of amides is 1. The number of allylic oxidation sites excluding steroid dienone is 2. The van der Waals surface area contributed by atoms with E-state index in [1.54, 1.807) is 11.5 Å². The van der Waals surface area contributed by atoms with Crippen molar-refractivity contribution in [3.63, 3.8) is 0 Å². The number of hydrogen-bond acceptors (Lipinski definition) is 4. The Kier molecular flexibility index (Phi) is 3.79. The van der Waals surface area contributed by atoms with Crippen LogP contribution in [0.4, 0.5) is 0 Å². The summed E-state index contributed by atoms with van der Waals surface area (Å²) in [6.07, 6.45) is 6.36. The van der Waals surface area contributed by atoms with Gasteiger partial charge in [-0.25, -0.2) is 0 Å². The molecule has 1 aromatic heterocycles. The zero-order valence-electron chi connectivity index (χ0n) is 14.0. The molecule has 0 radical (unpaired) electrons. The van der Waals surface area contributed by atoms with Crippen molar-refractivity contribution in [1.29, 1.82) is 0 Å². The molecule has 2 heterocycles. The van der Waals surface area contributed by atoms with Crippen LogP contribution in [0.25, 0.3) is 0 Å². The molecular formula is C18H25N3O3. The molecule has 1 aliphatic heterocycles. The van der Waals surface area contributed by atoms with E-state index in [2.05, 4.69) is 10.2 Å². The number of aromatic nitrogens is 1. The fourth-order valence-electron chi connectivity index (χ4n) is 4.44. The highest BCUT2D eigenvalue weighted by Gasteiger charge is 2.55. The minimum absolute atomic E-state index is 0.0676. The van der Waals surface area contributed by atoms with Crippen molar-refractivity contribution in [3.05, 3.63) is 23.3 Å². The van der Waals surface area contributed by atoms with Gasteiger partial charge >= 0.3 is 0 Å². The molecule has 3 aliphatic rings. The van der Waals surface area contributed by atoms with Gasteiger partial charge in [-0.1, -0.05) is 12.2 Å². The Morgan fingerprint density at radius 1 is 1.12 bits per heavy atom. The Morgan fingerprint density at radius 3 is 2.25 bits per heavy atom. The van der Waals surface area contributed by atoms with Gasteiger partial charge in [-0.05, 0) is 37.6 Å². The van der Waals surface area contributed by atoms with E-state index in [-0.39, 0.29) is 17.7 Å². The molecule has 0 bridgehead atoms. The number of likely N-dealkylation sites (tertiary alicyclic amines) is 1. The van der Waals surface area contributed by atoms with Gasteiger partial charge in [0.05, 0.1) is 0 Å². The molecule has 4 rings (SSSR count). The number of aromatic hydroxyl groups is 2. The molecule has 2 unspecified atom stereocenters. The van der Waals surface area contributed by atoms with Crippen LogP contribution in [-0.2, 0) is 24.2 Å². The van der Waals surface area contributed by atoms with Gasteiger partial charge in [-0.15, -0.1) is 0 Å². The van der Waals surface area contributed by atoms with E-state index < -0.39 is 0 Å². The largest absolute Gasteiger partial charge is 0.494 e. The number of fused-ring (bicyclic) bond motifs is 2. The van der Waals surface area contributed by atoms with Crippen LogP contribution in [-0.4, -0.2) is 51.3 Å². The van der Waals surface area contributed by atoms with Crippen LogP contribution in [0.3, 0.4) is 0 Å². The van der Waals surface area contributed by atoms with Crippen molar-refractivity contribution in [3.8, 4) is 11.8 Å². The molecule has 130 valence electrons. The van der Waals surface area contributed by atoms with Crippen LogP contribution in [0.2, 0.25) is 0 Å². The van der Waals surface area contributed by atoms with Crippen LogP contribution in [0.5, 0.6) is 11.8 Å². The van der Waals surface area contributed by atoms with Gasteiger partial charge in [-0.3, -0.25) is 9.36 Å². The van der Waals surface area contributed by atoms with Crippen LogP contribution >= 0.6 is 0 Å². The second-order valence-electron chi connectivity index (χ2n) is 7.30. The van der Waals surface area contributed by atoms with Crippen LogP contribution in [0, 0.1) is 11.8 Å². The number of piperidine rings is 1. The molecule has 0 spiro atoms. The van der Waals surface area contributed by atoms with Gasteiger partial charge in [0.1, 0.15) is 0 Å². The van der Waals surface area contributed by atoms with Gasteiger partial charge in [0, 0.05) is 43.7 Å². The smallest absolute Gasteiger partial charge is 0.217 e. The molecule has 1 aromatic rings. The third-order valence-electron chi connectivity index (χ3n) is 5.72. The predicted molar refractivity (Wildman–Crippen MR) is 90.0 cm³/mol. The number of nitrogens with zero attached hydrogens (tertiary/aromatic N) is 2. The number of hydrogen-bond donors (Lipinski definition) is 3. The van der Waals surface area contributed by atoms with Crippen molar-refractivity contribution < 1.29 is 15.0 Å². The zero-order chi connectivity index (χ0) is 16.8. The first kappa shape index (κ1) is 15.6. The second kappa shape index (κ2) is 5.84. The van der Waals surface area contributed by atoms with E-state index in [0.29, 0.717) is 37.3 Å². The zero-order valence-corrected chi connectivity index (χ0v) is 14.0. The van der Waals surface area contributed by atoms with E-state index in [1.807, 2.05) is 12.2 Å². The summed E-state index contributed by atoms with van der Waals surface area (Å²) in [6, 6.07) is 0.385. The first-order valence-electron chi connectivity index (χ1n) is 8.83. The lowest BCUT2D eigenvalue weighted by Gasteiger charge is -2.20. The SMILES string of the molecule is CC(=O)NC1C2CN(CCCn3c(O)c4c(c3O)CC=CC4)CC21. The summed E-state index contributed by atoms with van der Waals surface area (Å²) in [6.45, 7) is 5.25. The van der Waals surface area contributed by atoms with Crippen molar-refractivity contribution in [1.82, 2.24) is 14.8 Å². The molecular weight excluding hydrogens is 306 g/mol. The van der Waals surface area contributed by atoms with Crippen molar-refractivity contribution in [2.75, 3.05) is 19.6 Å². The summed E-state index contributed by atoms with van der Waals surface area (Å²) in [5, 5.41) is 23.7. The summed E-state index contributed by atoms with van der Waals surface area (Å²) in [5.74, 6) is 1.74. The van der Waals surface area contributed by atoms with Gasteiger partial charge in [0.15, 0.2) is 11.8 Å². The molecule has 2 aliphatic carbocycles. The summed E-state index contributed by atoms with van der Waals surface area (Å²) in [7, 11) is 0. The predicted octanol–water partition coefficient (Wildman–Crippen LogP) is 1.01. The lowest BCUT2D eigenvalue weighted by molar-refractivity contribution is -0.119. The lowest BCUT2D eigenvalue weighted by atomic mass is 10.0. The van der Waals surface area contributed by atoms with Crippen molar-refractivity contribution >= 4 is 5.91 Å². The Hall–Kier alpha value is -1.95. The van der Waals surface area contributed by atoms with E-state index >= 15 is 0 Å². The van der Waals surface area contributed by atoms with Crippen LogP contribution in [0.1, 0.15) is 24.5 Å². The topological polar surface area (TPSA) is 77.7 Å². The molecule has 3 N–H and O–H groups in total. The summed E-state index contributed by atoms with van der Waals surface area (Å²) < 4.78 is 1.65. The maximum atomic E-state index is 11.1. The molecule has 2 atom stereocenters. The number of nitrogens with one attached hydrogen (secondary N) is 1. The summed E-state index contributed by atoms with van der Waals surface area (Å²) in [5.41, 5.74) is 1.74. The molecule has 1 saturated carbocycles. The van der Waals surface area contributed by atoms with E-state index in [1.165, 1.54) is 0 Å². The number of carbonyl (C=O) groups excluding carboxylic acids is 1. The molecule has 1 amide bonds. The molecule has 6 heteroatoms. The number of rotatable bonds is 5. The summed E-state index contributed by atoms with van der Waals surface area (Å²) in [4.78, 5) is 13.5. The molecule has 2 fully saturated rings. The Labute approximate surface area is 141 Å². The van der Waals surface area contributed by atoms with Crippen LogP contribution in [0.15, 0.2) is 12.2 Å². The Bertz CT molecular complexity index is 651. The average molecular weight is 331 g/mol. The first-order chi connectivity index (χ1) is 11.6. The molecule has 1 saturated heterocycles.